The summed E-state index contributed by atoms with van der Waals surface area (Å²) in [4.78, 5) is 3.29. The van der Waals surface area contributed by atoms with E-state index < -0.39 is 23.8 Å². The van der Waals surface area contributed by atoms with Gasteiger partial charge in [-0.1, -0.05) is 48.5 Å². The maximum Gasteiger partial charge on any atom is 0.432 e. The van der Waals surface area contributed by atoms with Crippen molar-refractivity contribution in [3.8, 4) is 5.75 Å². The van der Waals surface area contributed by atoms with Crippen LogP contribution in [0.2, 0.25) is 0 Å². The Morgan fingerprint density at radius 2 is 1.50 bits per heavy atom. The predicted molar refractivity (Wildman–Crippen MR) is 102 cm³/mol. The highest BCUT2D eigenvalue weighted by Gasteiger charge is 2.38. The fourth-order valence-electron chi connectivity index (χ4n) is 2.52. The summed E-state index contributed by atoms with van der Waals surface area (Å²) in [5.74, 6) is 0.488. The average molecular weight is 430 g/mol. The Bertz CT molecular complexity index is 873. The quantitative estimate of drug-likeness (QED) is 0.459. The summed E-state index contributed by atoms with van der Waals surface area (Å²) < 4.78 is 82.0. The van der Waals surface area contributed by atoms with E-state index in [1.54, 1.807) is 24.3 Å². The van der Waals surface area contributed by atoms with E-state index in [1.807, 2.05) is 30.3 Å². The molecule has 2 rings (SSSR count). The van der Waals surface area contributed by atoms with E-state index in [2.05, 4.69) is 4.99 Å². The van der Waals surface area contributed by atoms with Crippen LogP contribution in [0.4, 0.5) is 26.3 Å². The highest BCUT2D eigenvalue weighted by molar-refractivity contribution is 6.00. The van der Waals surface area contributed by atoms with Crippen molar-refractivity contribution in [1.29, 1.82) is 0 Å². The minimum absolute atomic E-state index is 0.0564. The van der Waals surface area contributed by atoms with Gasteiger partial charge in [0.05, 0.1) is 6.61 Å². The van der Waals surface area contributed by atoms with Crippen LogP contribution in [0.1, 0.15) is 11.1 Å². The molecule has 162 valence electrons. The molecule has 0 aliphatic rings. The van der Waals surface area contributed by atoms with E-state index in [9.17, 15) is 26.3 Å². The molecule has 0 saturated heterocycles. The summed E-state index contributed by atoms with van der Waals surface area (Å²) in [7, 11) is 0. The lowest BCUT2D eigenvalue weighted by atomic mass is 10.1. The second-order valence-electron chi connectivity index (χ2n) is 6.30. The Balaban J connectivity index is 2.05. The number of para-hydroxylation sites is 1. The third-order valence-electron chi connectivity index (χ3n) is 4.04. The fourth-order valence-corrected chi connectivity index (χ4v) is 2.52. The molecular formula is C21H20F6N2O. The number of aliphatic imine (C=N–C) groups is 1. The Labute approximate surface area is 169 Å². The first-order valence-electron chi connectivity index (χ1n) is 8.98. The van der Waals surface area contributed by atoms with Crippen molar-refractivity contribution in [3.05, 3.63) is 77.5 Å². The highest BCUT2D eigenvalue weighted by atomic mass is 19.4. The number of allylic oxidation sites excluding steroid dienone is 2. The van der Waals surface area contributed by atoms with Gasteiger partial charge in [-0.2, -0.15) is 26.3 Å². The Hall–Kier alpha value is -2.97. The van der Waals surface area contributed by atoms with Crippen molar-refractivity contribution < 1.29 is 31.1 Å². The van der Waals surface area contributed by atoms with Crippen LogP contribution in [0.25, 0.3) is 0 Å². The van der Waals surface area contributed by atoms with Gasteiger partial charge >= 0.3 is 12.4 Å². The number of nitrogens with two attached hydrogens (primary N) is 1. The van der Waals surface area contributed by atoms with Crippen molar-refractivity contribution in [2.24, 2.45) is 10.7 Å². The van der Waals surface area contributed by atoms with E-state index >= 15 is 0 Å². The summed E-state index contributed by atoms with van der Waals surface area (Å²) in [6, 6.07) is 16.3. The van der Waals surface area contributed by atoms with E-state index in [4.69, 9.17) is 10.5 Å². The van der Waals surface area contributed by atoms with Gasteiger partial charge in [-0.25, -0.2) is 0 Å². The van der Waals surface area contributed by atoms with Gasteiger partial charge in [0.1, 0.15) is 17.2 Å². The van der Waals surface area contributed by atoms with Gasteiger partial charge in [0.2, 0.25) is 0 Å². The molecule has 0 unspecified atom stereocenters. The van der Waals surface area contributed by atoms with Crippen LogP contribution in [0.5, 0.6) is 5.75 Å². The van der Waals surface area contributed by atoms with Crippen molar-refractivity contribution in [2.75, 3.05) is 13.2 Å². The molecule has 0 atom stereocenters. The zero-order valence-electron chi connectivity index (χ0n) is 15.8. The van der Waals surface area contributed by atoms with Crippen LogP contribution in [-0.2, 0) is 12.8 Å². The first-order chi connectivity index (χ1) is 14.1. The summed E-state index contributed by atoms with van der Waals surface area (Å²) in [6.07, 6.45) is -9.61. The zero-order chi connectivity index (χ0) is 22.2. The van der Waals surface area contributed by atoms with Gasteiger partial charge in [-0.15, -0.1) is 0 Å². The number of rotatable bonds is 8. The first-order valence-corrected chi connectivity index (χ1v) is 8.98. The molecule has 2 aromatic rings. The Morgan fingerprint density at radius 3 is 2.13 bits per heavy atom. The molecule has 0 heterocycles. The molecule has 0 bridgehead atoms. The standard InChI is InChI=1S/C21H20F6N2O/c22-20(23,24)18(28)14-19(21(25,26)27)29-12-10-16-8-4-5-9-17(16)30-13-11-15-6-2-1-3-7-15/h1-9,14H,10-13,28H2/b18-14-,29-19?. The van der Waals surface area contributed by atoms with Crippen LogP contribution in [0.15, 0.2) is 71.4 Å². The summed E-state index contributed by atoms with van der Waals surface area (Å²) in [6.45, 7) is -0.0154. The predicted octanol–water partition coefficient (Wildman–Crippen LogP) is 5.26. The summed E-state index contributed by atoms with van der Waals surface area (Å²) >= 11 is 0. The lowest BCUT2D eigenvalue weighted by Gasteiger charge is -2.12. The van der Waals surface area contributed by atoms with Crippen LogP contribution in [-0.4, -0.2) is 31.2 Å². The fraction of sp³-hybridized carbons (Fsp3) is 0.286. The first kappa shape index (κ1) is 23.3. The lowest BCUT2D eigenvalue weighted by Crippen LogP contribution is -2.27. The molecule has 0 radical (unpaired) electrons. The molecule has 0 amide bonds. The highest BCUT2D eigenvalue weighted by Crippen LogP contribution is 2.25. The number of alkyl halides is 6. The van der Waals surface area contributed by atoms with Crippen LogP contribution in [0, 0.1) is 0 Å². The molecule has 0 fully saturated rings. The molecule has 2 aromatic carbocycles. The van der Waals surface area contributed by atoms with Gasteiger partial charge in [-0.05, 0) is 29.7 Å². The van der Waals surface area contributed by atoms with Crippen LogP contribution >= 0.6 is 0 Å². The van der Waals surface area contributed by atoms with Crippen molar-refractivity contribution in [2.45, 2.75) is 25.2 Å². The normalized spacial score (nSPS) is 13.4. The average Bonchev–Trinajstić information content (AvgIpc) is 2.67. The largest absolute Gasteiger partial charge is 0.493 e. The van der Waals surface area contributed by atoms with E-state index in [0.717, 1.165) is 5.56 Å². The van der Waals surface area contributed by atoms with E-state index in [1.165, 1.54) is 0 Å². The van der Waals surface area contributed by atoms with Crippen molar-refractivity contribution >= 4 is 5.71 Å². The second-order valence-corrected chi connectivity index (χ2v) is 6.30. The molecule has 0 spiro atoms. The van der Waals surface area contributed by atoms with Gasteiger partial charge in [0, 0.05) is 13.0 Å². The number of ether oxygens (including phenoxy) is 1. The molecule has 0 aliphatic carbocycles. The van der Waals surface area contributed by atoms with Crippen LogP contribution in [0.3, 0.4) is 0 Å². The van der Waals surface area contributed by atoms with Crippen molar-refractivity contribution in [1.82, 2.24) is 0 Å². The number of hydrogen-bond donors (Lipinski definition) is 1. The molecule has 3 nitrogen and oxygen atoms in total. The van der Waals surface area contributed by atoms with E-state index in [0.29, 0.717) is 24.3 Å². The monoisotopic (exact) mass is 430 g/mol. The molecule has 0 saturated carbocycles. The van der Waals surface area contributed by atoms with Gasteiger partial charge in [0.25, 0.3) is 0 Å². The minimum Gasteiger partial charge on any atom is -0.493 e. The molecule has 9 heteroatoms. The van der Waals surface area contributed by atoms with Crippen molar-refractivity contribution in [3.63, 3.8) is 0 Å². The molecule has 0 aromatic heterocycles. The molecular weight excluding hydrogens is 410 g/mol. The second kappa shape index (κ2) is 10.2. The Kier molecular flexibility index (Phi) is 7.91. The summed E-state index contributed by atoms with van der Waals surface area (Å²) in [5, 5.41) is 0. The summed E-state index contributed by atoms with van der Waals surface area (Å²) in [5.41, 5.74) is 2.83. The van der Waals surface area contributed by atoms with Gasteiger partial charge in [0.15, 0.2) is 0 Å². The van der Waals surface area contributed by atoms with Gasteiger partial charge in [-0.3, -0.25) is 4.99 Å². The lowest BCUT2D eigenvalue weighted by molar-refractivity contribution is -0.0928. The number of halogens is 6. The maximum atomic E-state index is 13.0. The minimum atomic E-state index is -5.06. The topological polar surface area (TPSA) is 47.6 Å². The number of nitrogens with zero attached hydrogens (tertiary/aromatic N) is 1. The Morgan fingerprint density at radius 1 is 0.867 bits per heavy atom. The van der Waals surface area contributed by atoms with Crippen LogP contribution < -0.4 is 10.5 Å². The number of hydrogen-bond acceptors (Lipinski definition) is 3. The maximum absolute atomic E-state index is 13.0. The zero-order valence-corrected chi connectivity index (χ0v) is 15.8. The molecule has 0 aliphatic heterocycles. The van der Waals surface area contributed by atoms with E-state index in [-0.39, 0.29) is 19.0 Å². The number of benzene rings is 2. The third-order valence-corrected chi connectivity index (χ3v) is 4.04. The smallest absolute Gasteiger partial charge is 0.432 e. The van der Waals surface area contributed by atoms with Gasteiger partial charge < -0.3 is 10.5 Å². The molecule has 30 heavy (non-hydrogen) atoms. The SMILES string of the molecule is N/C(=C\C(=NCCc1ccccc1OCCc1ccccc1)C(F)(F)F)C(F)(F)F. The third kappa shape index (κ3) is 7.46. The molecule has 2 N–H and O–H groups in total.